The maximum absolute atomic E-state index is 12.1. The molecule has 0 aromatic carbocycles. The van der Waals surface area contributed by atoms with E-state index in [4.69, 9.17) is 0 Å². The van der Waals surface area contributed by atoms with Gasteiger partial charge in [0.2, 0.25) is 11.8 Å². The average molecular weight is 268 g/mol. The van der Waals surface area contributed by atoms with Crippen molar-refractivity contribution in [1.82, 2.24) is 9.80 Å². The summed E-state index contributed by atoms with van der Waals surface area (Å²) in [6, 6.07) is -0.0935. The predicted molar refractivity (Wildman–Crippen MR) is 67.0 cm³/mol. The molecule has 0 bridgehead atoms. The molecule has 1 aliphatic carbocycles. The molecule has 98 valence electrons. The van der Waals surface area contributed by atoms with Crippen molar-refractivity contribution in [2.45, 2.75) is 31.7 Å². The topological polar surface area (TPSA) is 57.7 Å². The molecule has 5 nitrogen and oxygen atoms in total. The van der Waals surface area contributed by atoms with E-state index in [0.29, 0.717) is 13.1 Å². The number of imide groups is 1. The summed E-state index contributed by atoms with van der Waals surface area (Å²) in [5.41, 5.74) is 0. The van der Waals surface area contributed by atoms with Crippen molar-refractivity contribution >= 4 is 28.8 Å². The Hall–Kier alpha value is -1.04. The van der Waals surface area contributed by atoms with Crippen LogP contribution in [0.2, 0.25) is 0 Å². The summed E-state index contributed by atoms with van der Waals surface area (Å²) in [6.45, 7) is 1.22. The summed E-state index contributed by atoms with van der Waals surface area (Å²) < 4.78 is 0. The summed E-state index contributed by atoms with van der Waals surface area (Å²) in [5, 5.41) is -0.150. The Balaban J connectivity index is 1.62. The van der Waals surface area contributed by atoms with Crippen LogP contribution in [-0.2, 0) is 9.59 Å². The molecule has 0 unspecified atom stereocenters. The third-order valence-electron chi connectivity index (χ3n) is 4.08. The first-order valence-electron chi connectivity index (χ1n) is 6.44. The summed E-state index contributed by atoms with van der Waals surface area (Å²) in [5.74, 6) is 0.567. The monoisotopic (exact) mass is 268 g/mol. The molecular formula is C12H16N2O3S. The Morgan fingerprint density at radius 3 is 2.56 bits per heavy atom. The van der Waals surface area contributed by atoms with Gasteiger partial charge in [0.1, 0.15) is 0 Å². The van der Waals surface area contributed by atoms with E-state index in [-0.39, 0.29) is 34.8 Å². The SMILES string of the molecule is O=C(C1CCC1)N1CC[C@H](N2C(=O)CSC2=O)C1. The first-order valence-corrected chi connectivity index (χ1v) is 7.43. The molecule has 0 spiro atoms. The number of carbonyl (C=O) groups is 3. The molecule has 0 N–H and O–H groups in total. The number of amides is 3. The lowest BCUT2D eigenvalue weighted by Gasteiger charge is -2.29. The van der Waals surface area contributed by atoms with Crippen LogP contribution in [0.25, 0.3) is 0 Å². The first kappa shape index (κ1) is 12.0. The van der Waals surface area contributed by atoms with Crippen LogP contribution in [0, 0.1) is 5.92 Å². The van der Waals surface area contributed by atoms with Gasteiger partial charge in [-0.2, -0.15) is 0 Å². The lowest BCUT2D eigenvalue weighted by atomic mass is 9.84. The fourth-order valence-corrected chi connectivity index (χ4v) is 3.56. The number of hydrogen-bond donors (Lipinski definition) is 0. The molecule has 3 aliphatic rings. The number of hydrogen-bond acceptors (Lipinski definition) is 4. The molecule has 1 atom stereocenters. The van der Waals surface area contributed by atoms with Crippen molar-refractivity contribution in [3.63, 3.8) is 0 Å². The van der Waals surface area contributed by atoms with Crippen molar-refractivity contribution in [3.05, 3.63) is 0 Å². The number of nitrogens with zero attached hydrogens (tertiary/aromatic N) is 2. The summed E-state index contributed by atoms with van der Waals surface area (Å²) in [7, 11) is 0. The lowest BCUT2D eigenvalue weighted by molar-refractivity contribution is -0.137. The molecule has 0 aromatic heterocycles. The molecule has 2 saturated heterocycles. The minimum Gasteiger partial charge on any atom is -0.340 e. The predicted octanol–water partition coefficient (Wildman–Crippen LogP) is 1.08. The average Bonchev–Trinajstić information content (AvgIpc) is 2.83. The van der Waals surface area contributed by atoms with Crippen LogP contribution in [0.4, 0.5) is 4.79 Å². The van der Waals surface area contributed by atoms with E-state index in [2.05, 4.69) is 0 Å². The van der Waals surface area contributed by atoms with Gasteiger partial charge in [-0.05, 0) is 19.3 Å². The van der Waals surface area contributed by atoms with Gasteiger partial charge in [0.05, 0.1) is 11.8 Å². The van der Waals surface area contributed by atoms with E-state index >= 15 is 0 Å². The van der Waals surface area contributed by atoms with Gasteiger partial charge in [-0.1, -0.05) is 18.2 Å². The fraction of sp³-hybridized carbons (Fsp3) is 0.750. The fourth-order valence-electron chi connectivity index (χ4n) is 2.78. The maximum atomic E-state index is 12.1. The van der Waals surface area contributed by atoms with Crippen molar-refractivity contribution in [2.24, 2.45) is 5.92 Å². The lowest BCUT2D eigenvalue weighted by Crippen LogP contribution is -2.43. The second-order valence-corrected chi connectivity index (χ2v) is 6.10. The Labute approximate surface area is 110 Å². The normalized spacial score (nSPS) is 29.0. The van der Waals surface area contributed by atoms with Crippen molar-refractivity contribution in [1.29, 1.82) is 0 Å². The van der Waals surface area contributed by atoms with Gasteiger partial charge in [0, 0.05) is 19.0 Å². The van der Waals surface area contributed by atoms with Gasteiger partial charge in [-0.25, -0.2) is 0 Å². The van der Waals surface area contributed by atoms with Crippen LogP contribution in [0.5, 0.6) is 0 Å². The van der Waals surface area contributed by atoms with E-state index in [1.54, 1.807) is 0 Å². The van der Waals surface area contributed by atoms with Crippen LogP contribution in [0.15, 0.2) is 0 Å². The third-order valence-corrected chi connectivity index (χ3v) is 4.91. The molecule has 2 heterocycles. The zero-order chi connectivity index (χ0) is 12.7. The van der Waals surface area contributed by atoms with Crippen LogP contribution < -0.4 is 0 Å². The molecule has 6 heteroatoms. The standard InChI is InChI=1S/C12H16N2O3S/c15-10-7-18-12(17)14(10)9-4-5-13(6-9)11(16)8-2-1-3-8/h8-9H,1-7H2/t9-/m0/s1. The molecule has 1 saturated carbocycles. The molecule has 0 radical (unpaired) electrons. The second kappa shape index (κ2) is 4.57. The Kier molecular flexibility index (Phi) is 3.05. The molecule has 3 rings (SSSR count). The van der Waals surface area contributed by atoms with Gasteiger partial charge in [0.25, 0.3) is 5.24 Å². The summed E-state index contributed by atoms with van der Waals surface area (Å²) in [6.07, 6.45) is 3.87. The highest BCUT2D eigenvalue weighted by Gasteiger charge is 2.41. The summed E-state index contributed by atoms with van der Waals surface area (Å²) >= 11 is 1.07. The van der Waals surface area contributed by atoms with E-state index in [0.717, 1.165) is 37.4 Å². The zero-order valence-electron chi connectivity index (χ0n) is 10.1. The zero-order valence-corrected chi connectivity index (χ0v) is 10.9. The highest BCUT2D eigenvalue weighted by atomic mass is 32.2. The van der Waals surface area contributed by atoms with E-state index in [9.17, 15) is 14.4 Å². The van der Waals surface area contributed by atoms with E-state index < -0.39 is 0 Å². The van der Waals surface area contributed by atoms with Gasteiger partial charge in [-0.3, -0.25) is 19.3 Å². The molecule has 2 aliphatic heterocycles. The van der Waals surface area contributed by atoms with Gasteiger partial charge in [0.15, 0.2) is 0 Å². The van der Waals surface area contributed by atoms with Gasteiger partial charge < -0.3 is 4.90 Å². The first-order chi connectivity index (χ1) is 8.66. The Morgan fingerprint density at radius 2 is 2.00 bits per heavy atom. The Bertz CT molecular complexity index is 392. The molecule has 3 fully saturated rings. The second-order valence-electron chi connectivity index (χ2n) is 5.17. The minimum absolute atomic E-state index is 0.0935. The Morgan fingerprint density at radius 1 is 1.22 bits per heavy atom. The maximum Gasteiger partial charge on any atom is 0.289 e. The minimum atomic E-state index is -0.150. The van der Waals surface area contributed by atoms with Crippen LogP contribution in [0.1, 0.15) is 25.7 Å². The third kappa shape index (κ3) is 1.92. The quantitative estimate of drug-likeness (QED) is 0.752. The van der Waals surface area contributed by atoms with Crippen molar-refractivity contribution in [2.75, 3.05) is 18.8 Å². The van der Waals surface area contributed by atoms with Crippen molar-refractivity contribution in [3.8, 4) is 0 Å². The molecule has 3 amide bonds. The number of thioether (sulfide) groups is 1. The van der Waals surface area contributed by atoms with E-state index in [1.807, 2.05) is 4.90 Å². The number of rotatable bonds is 2. The largest absolute Gasteiger partial charge is 0.340 e. The highest BCUT2D eigenvalue weighted by molar-refractivity contribution is 8.14. The van der Waals surface area contributed by atoms with Gasteiger partial charge in [-0.15, -0.1) is 0 Å². The molecular weight excluding hydrogens is 252 g/mol. The van der Waals surface area contributed by atoms with Crippen molar-refractivity contribution < 1.29 is 14.4 Å². The van der Waals surface area contributed by atoms with E-state index in [1.165, 1.54) is 4.90 Å². The smallest absolute Gasteiger partial charge is 0.289 e. The number of carbonyl (C=O) groups excluding carboxylic acids is 3. The number of likely N-dealkylation sites (tertiary alicyclic amines) is 1. The summed E-state index contributed by atoms with van der Waals surface area (Å²) in [4.78, 5) is 38.5. The molecule has 0 aromatic rings. The molecule has 18 heavy (non-hydrogen) atoms. The van der Waals surface area contributed by atoms with Crippen LogP contribution in [-0.4, -0.2) is 51.7 Å². The van der Waals surface area contributed by atoms with Crippen LogP contribution >= 0.6 is 11.8 Å². The highest BCUT2D eigenvalue weighted by Crippen LogP contribution is 2.31. The van der Waals surface area contributed by atoms with Gasteiger partial charge >= 0.3 is 0 Å². The van der Waals surface area contributed by atoms with Crippen LogP contribution in [0.3, 0.4) is 0 Å².